The first kappa shape index (κ1) is 19.7. The fourth-order valence-corrected chi connectivity index (χ4v) is 3.61. The molecule has 1 amide bonds. The smallest absolute Gasteiger partial charge is 0.303 e. The van der Waals surface area contributed by atoms with Gasteiger partial charge in [0.25, 0.3) is 5.91 Å². The molecule has 2 aliphatic rings. The number of carbonyl (C=O) groups is 2. The standard InChI is InChI=1S/C21H24N2O5/c1-5-8-26-15-10-18(25)23(12-15)19-16-9-14(11-22)6-7-17(16)28-21(3,4)20(19)27-13(2)24/h6-7,9-10,19-20H,5,8,12H2,1-4H3/t19-,20+/m0/s1. The summed E-state index contributed by atoms with van der Waals surface area (Å²) >= 11 is 0. The summed E-state index contributed by atoms with van der Waals surface area (Å²) in [7, 11) is 0. The van der Waals surface area contributed by atoms with Crippen molar-refractivity contribution in [2.45, 2.75) is 51.9 Å². The summed E-state index contributed by atoms with van der Waals surface area (Å²) in [5.74, 6) is 0.455. The van der Waals surface area contributed by atoms with E-state index in [0.29, 0.717) is 29.2 Å². The van der Waals surface area contributed by atoms with Crippen LogP contribution in [-0.2, 0) is 19.1 Å². The van der Waals surface area contributed by atoms with Crippen molar-refractivity contribution < 1.29 is 23.8 Å². The van der Waals surface area contributed by atoms with Crippen LogP contribution in [0, 0.1) is 11.3 Å². The van der Waals surface area contributed by atoms with Crippen LogP contribution in [-0.4, -0.2) is 41.6 Å². The van der Waals surface area contributed by atoms with Crippen LogP contribution in [0.1, 0.15) is 51.3 Å². The lowest BCUT2D eigenvalue weighted by Gasteiger charge is -2.46. The Bertz CT molecular complexity index is 868. The van der Waals surface area contributed by atoms with E-state index in [1.54, 1.807) is 23.1 Å². The number of hydrogen-bond donors (Lipinski definition) is 0. The predicted octanol–water partition coefficient (Wildman–Crippen LogP) is 2.85. The van der Waals surface area contributed by atoms with Gasteiger partial charge in [-0.15, -0.1) is 0 Å². The van der Waals surface area contributed by atoms with Crippen LogP contribution in [0.4, 0.5) is 0 Å². The minimum absolute atomic E-state index is 0.223. The number of nitriles is 1. The molecule has 0 bridgehead atoms. The number of fused-ring (bicyclic) bond motifs is 1. The molecule has 28 heavy (non-hydrogen) atoms. The fourth-order valence-electron chi connectivity index (χ4n) is 3.61. The zero-order valence-electron chi connectivity index (χ0n) is 16.5. The van der Waals surface area contributed by atoms with Crippen LogP contribution >= 0.6 is 0 Å². The van der Waals surface area contributed by atoms with Crippen molar-refractivity contribution in [2.24, 2.45) is 0 Å². The summed E-state index contributed by atoms with van der Waals surface area (Å²) in [5.41, 5.74) is 0.212. The second-order valence-electron chi connectivity index (χ2n) is 7.47. The van der Waals surface area contributed by atoms with Crippen molar-refractivity contribution in [3.05, 3.63) is 41.2 Å². The molecule has 0 spiro atoms. The van der Waals surface area contributed by atoms with Gasteiger partial charge in [-0.05, 0) is 38.5 Å². The Hall–Kier alpha value is -3.01. The first-order chi connectivity index (χ1) is 13.3. The molecule has 1 aromatic carbocycles. The molecule has 0 radical (unpaired) electrons. The van der Waals surface area contributed by atoms with Gasteiger partial charge in [0.1, 0.15) is 23.2 Å². The molecule has 148 valence electrons. The van der Waals surface area contributed by atoms with E-state index in [0.717, 1.165) is 6.42 Å². The number of ether oxygens (including phenoxy) is 3. The molecule has 2 heterocycles. The Balaban J connectivity index is 2.05. The van der Waals surface area contributed by atoms with E-state index >= 15 is 0 Å². The van der Waals surface area contributed by atoms with E-state index < -0.39 is 23.7 Å². The van der Waals surface area contributed by atoms with Crippen molar-refractivity contribution in [3.63, 3.8) is 0 Å². The molecule has 0 fully saturated rings. The summed E-state index contributed by atoms with van der Waals surface area (Å²) in [6.07, 6.45) is 1.56. The van der Waals surface area contributed by atoms with Gasteiger partial charge in [0.2, 0.25) is 0 Å². The number of rotatable bonds is 5. The maximum absolute atomic E-state index is 12.8. The lowest BCUT2D eigenvalue weighted by molar-refractivity contribution is -0.171. The Kier molecular flexibility index (Phi) is 5.32. The fraction of sp³-hybridized carbons (Fsp3) is 0.476. The van der Waals surface area contributed by atoms with Crippen molar-refractivity contribution in [1.82, 2.24) is 4.90 Å². The topological polar surface area (TPSA) is 88.9 Å². The number of benzene rings is 1. The summed E-state index contributed by atoms with van der Waals surface area (Å²) < 4.78 is 17.4. The zero-order valence-corrected chi connectivity index (χ0v) is 16.5. The molecule has 0 unspecified atom stereocenters. The Morgan fingerprint density at radius 1 is 1.43 bits per heavy atom. The lowest BCUT2D eigenvalue weighted by atomic mass is 9.84. The zero-order chi connectivity index (χ0) is 20.5. The maximum atomic E-state index is 12.8. The second-order valence-corrected chi connectivity index (χ2v) is 7.47. The summed E-state index contributed by atoms with van der Waals surface area (Å²) in [6, 6.07) is 6.58. The molecule has 7 heteroatoms. The van der Waals surface area contributed by atoms with Gasteiger partial charge in [-0.3, -0.25) is 9.59 Å². The highest BCUT2D eigenvalue weighted by atomic mass is 16.6. The lowest BCUT2D eigenvalue weighted by Crippen LogP contribution is -2.55. The molecule has 2 aliphatic heterocycles. The molecule has 0 saturated carbocycles. The van der Waals surface area contributed by atoms with Gasteiger partial charge in [-0.25, -0.2) is 0 Å². The third kappa shape index (κ3) is 3.68. The Morgan fingerprint density at radius 2 is 2.18 bits per heavy atom. The second kappa shape index (κ2) is 7.55. The SMILES string of the molecule is CCCOC1=CC(=O)N([C@H]2c3cc(C#N)ccc3OC(C)(C)[C@@H]2OC(C)=O)C1. The molecule has 0 saturated heterocycles. The van der Waals surface area contributed by atoms with Crippen LogP contribution in [0.2, 0.25) is 0 Å². The summed E-state index contributed by atoms with van der Waals surface area (Å²) in [5, 5.41) is 9.31. The van der Waals surface area contributed by atoms with Crippen LogP contribution < -0.4 is 4.74 Å². The first-order valence-electron chi connectivity index (χ1n) is 9.31. The monoisotopic (exact) mass is 384 g/mol. The molecule has 2 atom stereocenters. The highest BCUT2D eigenvalue weighted by Crippen LogP contribution is 2.45. The largest absolute Gasteiger partial charge is 0.496 e. The normalized spacial score (nSPS) is 22.6. The van der Waals surface area contributed by atoms with Crippen molar-refractivity contribution in [3.8, 4) is 11.8 Å². The average molecular weight is 384 g/mol. The van der Waals surface area contributed by atoms with Gasteiger partial charge < -0.3 is 19.1 Å². The molecule has 0 aliphatic carbocycles. The third-order valence-electron chi connectivity index (χ3n) is 4.82. The molecule has 0 N–H and O–H groups in total. The minimum Gasteiger partial charge on any atom is -0.496 e. The molecule has 7 nitrogen and oxygen atoms in total. The van der Waals surface area contributed by atoms with E-state index in [-0.39, 0.29) is 12.5 Å². The van der Waals surface area contributed by atoms with Gasteiger partial charge in [0, 0.05) is 18.6 Å². The molecular weight excluding hydrogens is 360 g/mol. The molecule has 1 aromatic rings. The van der Waals surface area contributed by atoms with Crippen LogP contribution in [0.5, 0.6) is 5.75 Å². The van der Waals surface area contributed by atoms with E-state index in [2.05, 4.69) is 6.07 Å². The number of esters is 1. The highest BCUT2D eigenvalue weighted by molar-refractivity contribution is 5.91. The highest BCUT2D eigenvalue weighted by Gasteiger charge is 2.50. The molecule has 3 rings (SSSR count). The van der Waals surface area contributed by atoms with Gasteiger partial charge in [0.15, 0.2) is 6.10 Å². The van der Waals surface area contributed by atoms with E-state index in [4.69, 9.17) is 14.2 Å². The maximum Gasteiger partial charge on any atom is 0.303 e. The third-order valence-corrected chi connectivity index (χ3v) is 4.82. The Labute approximate surface area is 164 Å². The van der Waals surface area contributed by atoms with Crippen molar-refractivity contribution >= 4 is 11.9 Å². The minimum atomic E-state index is -0.870. The predicted molar refractivity (Wildman–Crippen MR) is 100 cm³/mol. The first-order valence-corrected chi connectivity index (χ1v) is 9.31. The van der Waals surface area contributed by atoms with Gasteiger partial charge >= 0.3 is 5.97 Å². The van der Waals surface area contributed by atoms with Gasteiger partial charge in [-0.1, -0.05) is 6.92 Å². The summed E-state index contributed by atoms with van der Waals surface area (Å²) in [6.45, 7) is 7.75. The number of amides is 1. The van der Waals surface area contributed by atoms with Crippen LogP contribution in [0.15, 0.2) is 30.0 Å². The van der Waals surface area contributed by atoms with Crippen LogP contribution in [0.25, 0.3) is 0 Å². The summed E-state index contributed by atoms with van der Waals surface area (Å²) in [4.78, 5) is 26.2. The van der Waals surface area contributed by atoms with E-state index in [9.17, 15) is 14.9 Å². The van der Waals surface area contributed by atoms with E-state index in [1.807, 2.05) is 20.8 Å². The molecule has 0 aromatic heterocycles. The number of carbonyl (C=O) groups excluding carboxylic acids is 2. The van der Waals surface area contributed by atoms with Crippen LogP contribution in [0.3, 0.4) is 0 Å². The average Bonchev–Trinajstić information content (AvgIpc) is 3.00. The van der Waals surface area contributed by atoms with Crippen molar-refractivity contribution in [1.29, 1.82) is 5.26 Å². The number of hydrogen-bond acceptors (Lipinski definition) is 6. The van der Waals surface area contributed by atoms with Gasteiger partial charge in [-0.2, -0.15) is 5.26 Å². The quantitative estimate of drug-likeness (QED) is 0.725. The van der Waals surface area contributed by atoms with Gasteiger partial charge in [0.05, 0.1) is 24.8 Å². The van der Waals surface area contributed by atoms with E-state index in [1.165, 1.54) is 13.0 Å². The molecular formula is C21H24N2O5. The van der Waals surface area contributed by atoms with Crippen molar-refractivity contribution in [2.75, 3.05) is 13.2 Å². The Morgan fingerprint density at radius 3 is 2.82 bits per heavy atom. The number of nitrogens with zero attached hydrogens (tertiary/aromatic N) is 2.